The van der Waals surface area contributed by atoms with Crippen molar-refractivity contribution in [2.45, 2.75) is 25.7 Å². The summed E-state index contributed by atoms with van der Waals surface area (Å²) in [6.07, 6.45) is -2.77. The van der Waals surface area contributed by atoms with Gasteiger partial charge in [-0.15, -0.1) is 0 Å². The van der Waals surface area contributed by atoms with Gasteiger partial charge in [-0.05, 0) is 11.1 Å². The normalized spacial score (nSPS) is 8.60. The van der Waals surface area contributed by atoms with E-state index >= 15 is 0 Å². The Labute approximate surface area is 146 Å². The van der Waals surface area contributed by atoms with Gasteiger partial charge in [-0.2, -0.15) is 0 Å². The second-order valence-corrected chi connectivity index (χ2v) is 3.49. The maximum atomic E-state index is 10.5. The number of carboxylic acids is 4. The molecule has 0 aromatic rings. The Morgan fingerprint density at radius 2 is 0.700 bits per heavy atom. The first-order chi connectivity index (χ1) is 8.22. The molecule has 0 aliphatic carbocycles. The third kappa shape index (κ3) is 12.2. The first-order valence-electron chi connectivity index (χ1n) is 4.79. The Hall–Kier alpha value is -0.861. The molecule has 10 heteroatoms. The number of hydrogen-bond donors (Lipinski definition) is 4. The molecule has 0 fully saturated rings. The molecule has 4 N–H and O–H groups in total. The van der Waals surface area contributed by atoms with Crippen LogP contribution >= 0.6 is 0 Å². The molecule has 0 unspecified atom stereocenters. The van der Waals surface area contributed by atoms with Gasteiger partial charge in [0.15, 0.2) is 0 Å². The molecule has 0 bridgehead atoms. The fourth-order valence-corrected chi connectivity index (χ4v) is 1.36. The molecule has 0 rings (SSSR count). The molecule has 0 aromatic carbocycles. The van der Waals surface area contributed by atoms with E-state index in [1.54, 1.807) is 0 Å². The minimum atomic E-state index is -1.35. The van der Waals surface area contributed by atoms with Crippen LogP contribution in [0.3, 0.4) is 0 Å². The summed E-state index contributed by atoms with van der Waals surface area (Å²) in [4.78, 5) is 42.2. The quantitative estimate of drug-likeness (QED) is 0.342. The van der Waals surface area contributed by atoms with Crippen molar-refractivity contribution in [2.75, 3.05) is 0 Å². The van der Waals surface area contributed by atoms with Gasteiger partial charge < -0.3 is 20.4 Å². The molecular formula is C10H13FeNaO8. The zero-order valence-electron chi connectivity index (χ0n) is 9.60. The van der Waals surface area contributed by atoms with Crippen LogP contribution in [0.1, 0.15) is 25.7 Å². The summed E-state index contributed by atoms with van der Waals surface area (Å²) in [5.74, 6) is -5.39. The molecule has 0 amide bonds. The van der Waals surface area contributed by atoms with Gasteiger partial charge in [0.05, 0.1) is 25.7 Å². The number of aliphatic carboxylic acids is 4. The third-order valence-corrected chi connectivity index (χ3v) is 1.96. The Kier molecular flexibility index (Phi) is 14.4. The summed E-state index contributed by atoms with van der Waals surface area (Å²) < 4.78 is 0. The van der Waals surface area contributed by atoms with Crippen molar-refractivity contribution in [3.8, 4) is 0 Å². The zero-order chi connectivity index (χ0) is 14.3. The fraction of sp³-hybridized carbons (Fsp3) is 0.400. The molecule has 0 heterocycles. The van der Waals surface area contributed by atoms with Crippen molar-refractivity contribution in [3.05, 3.63) is 11.1 Å². The Bertz CT molecular complexity index is 343. The van der Waals surface area contributed by atoms with Crippen LogP contribution in [0.25, 0.3) is 0 Å². The molecule has 0 atom stereocenters. The standard InChI is InChI=1S/C10H12O8.Fe.Na.H/c11-7(12)1-5(2-8(13)14)6(3-9(15)16)4-10(17)18;;;/h1-4H2,(H,11,12)(H,13,14)(H,15,16)(H,17,18);;;. The van der Waals surface area contributed by atoms with Crippen LogP contribution < -0.4 is 0 Å². The summed E-state index contributed by atoms with van der Waals surface area (Å²) in [5, 5.41) is 34.4. The second-order valence-electron chi connectivity index (χ2n) is 3.49. The molecule has 0 aliphatic rings. The number of hydrogen-bond acceptors (Lipinski definition) is 4. The first kappa shape index (κ1) is 24.2. The SMILES string of the molecule is O=C(O)CC(CC(=O)O)=C(CC(=O)O)CC(=O)O.[Fe].[NaH]. The van der Waals surface area contributed by atoms with E-state index < -0.39 is 49.6 Å². The van der Waals surface area contributed by atoms with Gasteiger partial charge in [-0.3, -0.25) is 19.2 Å². The van der Waals surface area contributed by atoms with Gasteiger partial charge in [0.25, 0.3) is 0 Å². The van der Waals surface area contributed by atoms with E-state index in [4.69, 9.17) is 20.4 Å². The fourth-order valence-electron chi connectivity index (χ4n) is 1.36. The summed E-state index contributed by atoms with van der Waals surface area (Å²) >= 11 is 0. The molecule has 0 saturated heterocycles. The molecule has 0 aromatic heterocycles. The van der Waals surface area contributed by atoms with E-state index in [-0.39, 0.29) is 57.8 Å². The van der Waals surface area contributed by atoms with Crippen LogP contribution in [-0.4, -0.2) is 73.9 Å². The van der Waals surface area contributed by atoms with Crippen molar-refractivity contribution < 1.29 is 56.7 Å². The molecule has 0 aliphatic heterocycles. The van der Waals surface area contributed by atoms with E-state index in [0.717, 1.165) is 0 Å². The van der Waals surface area contributed by atoms with Gasteiger partial charge >= 0.3 is 53.4 Å². The van der Waals surface area contributed by atoms with Crippen molar-refractivity contribution in [3.63, 3.8) is 0 Å². The molecule has 8 nitrogen and oxygen atoms in total. The summed E-state index contributed by atoms with van der Waals surface area (Å²) in [5.41, 5.74) is -0.389. The van der Waals surface area contributed by atoms with E-state index in [9.17, 15) is 19.2 Å². The monoisotopic (exact) mass is 340 g/mol. The maximum absolute atomic E-state index is 10.5. The van der Waals surface area contributed by atoms with Crippen molar-refractivity contribution >= 4 is 53.4 Å². The van der Waals surface area contributed by atoms with Crippen molar-refractivity contribution in [2.24, 2.45) is 0 Å². The van der Waals surface area contributed by atoms with Crippen LogP contribution in [0.15, 0.2) is 11.1 Å². The van der Waals surface area contributed by atoms with Crippen LogP contribution in [0.4, 0.5) is 0 Å². The minimum absolute atomic E-state index is 0. The Balaban J connectivity index is -0.00000144. The summed E-state index contributed by atoms with van der Waals surface area (Å²) in [7, 11) is 0. The topological polar surface area (TPSA) is 149 Å². The number of carboxylic acid groups (broad SMARTS) is 4. The van der Waals surface area contributed by atoms with E-state index in [1.807, 2.05) is 0 Å². The Morgan fingerprint density at radius 3 is 0.800 bits per heavy atom. The molecule has 0 saturated carbocycles. The zero-order valence-corrected chi connectivity index (χ0v) is 10.7. The van der Waals surface area contributed by atoms with Crippen molar-refractivity contribution in [1.82, 2.24) is 0 Å². The first-order valence-corrected chi connectivity index (χ1v) is 4.79. The van der Waals surface area contributed by atoms with Gasteiger partial charge in [0.1, 0.15) is 0 Å². The second kappa shape index (κ2) is 11.9. The van der Waals surface area contributed by atoms with Gasteiger partial charge in [0, 0.05) is 17.1 Å². The average molecular weight is 340 g/mol. The van der Waals surface area contributed by atoms with Crippen LogP contribution in [0.5, 0.6) is 0 Å². The predicted octanol–water partition coefficient (Wildman–Crippen LogP) is -0.469. The van der Waals surface area contributed by atoms with Gasteiger partial charge in [0.2, 0.25) is 0 Å². The van der Waals surface area contributed by atoms with Gasteiger partial charge in [-0.25, -0.2) is 0 Å². The van der Waals surface area contributed by atoms with Crippen LogP contribution in [0, 0.1) is 0 Å². The molecular weight excluding hydrogens is 327 g/mol. The molecule has 0 radical (unpaired) electrons. The van der Waals surface area contributed by atoms with Gasteiger partial charge in [-0.1, -0.05) is 0 Å². The van der Waals surface area contributed by atoms with Crippen LogP contribution in [-0.2, 0) is 36.2 Å². The van der Waals surface area contributed by atoms with Crippen molar-refractivity contribution in [1.29, 1.82) is 0 Å². The van der Waals surface area contributed by atoms with E-state index in [1.165, 1.54) is 0 Å². The summed E-state index contributed by atoms with van der Waals surface area (Å²) in [6, 6.07) is 0. The average Bonchev–Trinajstić information content (AvgIpc) is 2.12. The molecule has 20 heavy (non-hydrogen) atoms. The van der Waals surface area contributed by atoms with E-state index in [0.29, 0.717) is 0 Å². The van der Waals surface area contributed by atoms with Crippen LogP contribution in [0.2, 0.25) is 0 Å². The number of rotatable bonds is 8. The molecule has 110 valence electrons. The summed E-state index contributed by atoms with van der Waals surface area (Å²) in [6.45, 7) is 0. The third-order valence-electron chi connectivity index (χ3n) is 1.96. The van der Waals surface area contributed by atoms with E-state index in [2.05, 4.69) is 0 Å². The predicted molar refractivity (Wildman–Crippen MR) is 63.2 cm³/mol. The Morgan fingerprint density at radius 1 is 0.550 bits per heavy atom. The number of carbonyl (C=O) groups is 4. The molecule has 0 spiro atoms.